The van der Waals surface area contributed by atoms with Crippen LogP contribution < -0.4 is 0 Å². The molecular formula is C21H26O4. The van der Waals surface area contributed by atoms with Gasteiger partial charge in [0.2, 0.25) is 0 Å². The van der Waals surface area contributed by atoms with E-state index in [1.54, 1.807) is 0 Å². The zero-order chi connectivity index (χ0) is 17.8. The summed E-state index contributed by atoms with van der Waals surface area (Å²) in [5.74, 6) is 0.757. The number of epoxide rings is 1. The first-order valence-corrected chi connectivity index (χ1v) is 9.17. The Bertz CT molecular complexity index is 701. The van der Waals surface area contributed by atoms with Crippen molar-refractivity contribution in [3.05, 3.63) is 47.8 Å². The molecule has 134 valence electrons. The van der Waals surface area contributed by atoms with Crippen LogP contribution in [-0.2, 0) is 19.0 Å². The van der Waals surface area contributed by atoms with Crippen LogP contribution in [-0.4, -0.2) is 29.9 Å². The van der Waals surface area contributed by atoms with E-state index in [9.17, 15) is 4.79 Å². The van der Waals surface area contributed by atoms with E-state index in [1.807, 2.05) is 6.08 Å². The Morgan fingerprint density at radius 2 is 2.00 bits per heavy atom. The SMILES string of the molecule is C=C1O[C@H]2/C=C(\C)CC3C=C(CCC4OC4(C)CC[C@@H]2C1=C)C(=O)O3. The van der Waals surface area contributed by atoms with Crippen LogP contribution >= 0.6 is 0 Å². The number of rotatable bonds is 0. The van der Waals surface area contributed by atoms with E-state index in [1.165, 1.54) is 0 Å². The third kappa shape index (κ3) is 3.08. The van der Waals surface area contributed by atoms with Crippen LogP contribution in [0.15, 0.2) is 47.8 Å². The lowest BCUT2D eigenvalue weighted by atomic mass is 9.86. The van der Waals surface area contributed by atoms with Crippen molar-refractivity contribution >= 4 is 5.97 Å². The van der Waals surface area contributed by atoms with Gasteiger partial charge in [-0.15, -0.1) is 0 Å². The molecule has 0 aromatic rings. The second kappa shape index (κ2) is 5.87. The van der Waals surface area contributed by atoms with Crippen LogP contribution in [0, 0.1) is 5.92 Å². The third-order valence-electron chi connectivity index (χ3n) is 6.02. The number of carbonyl (C=O) groups is 1. The molecule has 4 aliphatic rings. The number of hydrogen-bond donors (Lipinski definition) is 0. The molecule has 0 spiro atoms. The topological polar surface area (TPSA) is 48.1 Å². The predicted molar refractivity (Wildman–Crippen MR) is 94.7 cm³/mol. The van der Waals surface area contributed by atoms with Crippen molar-refractivity contribution in [3.63, 3.8) is 0 Å². The van der Waals surface area contributed by atoms with Crippen LogP contribution in [0.25, 0.3) is 0 Å². The van der Waals surface area contributed by atoms with Crippen molar-refractivity contribution in [2.24, 2.45) is 5.92 Å². The van der Waals surface area contributed by atoms with Gasteiger partial charge in [-0.2, -0.15) is 0 Å². The van der Waals surface area contributed by atoms with Gasteiger partial charge in [-0.3, -0.25) is 0 Å². The molecule has 0 radical (unpaired) electrons. The molecule has 0 amide bonds. The zero-order valence-electron chi connectivity index (χ0n) is 15.0. The maximum absolute atomic E-state index is 12.1. The maximum Gasteiger partial charge on any atom is 0.334 e. The van der Waals surface area contributed by atoms with Gasteiger partial charge in [0.1, 0.15) is 18.0 Å². The van der Waals surface area contributed by atoms with Crippen molar-refractivity contribution in [1.82, 2.24) is 0 Å². The summed E-state index contributed by atoms with van der Waals surface area (Å²) in [5.41, 5.74) is 2.86. The minimum absolute atomic E-state index is 0.0377. The Morgan fingerprint density at radius 1 is 1.20 bits per heavy atom. The Balaban J connectivity index is 1.60. The number of esters is 1. The summed E-state index contributed by atoms with van der Waals surface area (Å²) in [7, 11) is 0. The Hall–Kier alpha value is -1.81. The quantitative estimate of drug-likeness (QED) is 0.379. The minimum Gasteiger partial charge on any atom is -0.486 e. The van der Waals surface area contributed by atoms with Gasteiger partial charge in [-0.05, 0) is 57.3 Å². The van der Waals surface area contributed by atoms with Gasteiger partial charge in [-0.1, -0.05) is 18.7 Å². The van der Waals surface area contributed by atoms with E-state index in [4.69, 9.17) is 14.2 Å². The molecule has 3 unspecified atom stereocenters. The molecular weight excluding hydrogens is 316 g/mol. The Morgan fingerprint density at radius 3 is 2.80 bits per heavy atom. The first kappa shape index (κ1) is 16.6. The number of allylic oxidation sites excluding steroid dienone is 1. The van der Waals surface area contributed by atoms with Gasteiger partial charge in [0.15, 0.2) is 0 Å². The average Bonchev–Trinajstić information content (AvgIpc) is 2.93. The zero-order valence-corrected chi connectivity index (χ0v) is 15.0. The lowest BCUT2D eigenvalue weighted by Gasteiger charge is -2.18. The number of hydrogen-bond acceptors (Lipinski definition) is 4. The van der Waals surface area contributed by atoms with Crippen LogP contribution in [0.1, 0.15) is 46.0 Å². The standard InChI is InChI=1S/C21H26O4/c1-12-9-16-11-15(20(22)24-16)5-6-19-21(4,25-19)8-7-17-13(2)14(3)23-18(17)10-12/h10-11,16-19H,2-3,5-9H2,1,4H3/b12-10+/t16?,17-,18+,19?,21?/m1/s1. The minimum atomic E-state index is -0.174. The Kier molecular flexibility index (Phi) is 3.91. The second-order valence-corrected chi connectivity index (χ2v) is 7.99. The number of fused-ring (bicyclic) bond motifs is 3. The summed E-state index contributed by atoms with van der Waals surface area (Å²) in [6, 6.07) is 0. The smallest absolute Gasteiger partial charge is 0.334 e. The Labute approximate surface area is 149 Å². The highest BCUT2D eigenvalue weighted by atomic mass is 16.6. The fourth-order valence-electron chi connectivity index (χ4n) is 4.31. The second-order valence-electron chi connectivity index (χ2n) is 7.99. The molecule has 2 fully saturated rings. The molecule has 3 aliphatic heterocycles. The summed E-state index contributed by atoms with van der Waals surface area (Å²) in [5, 5.41) is 0. The summed E-state index contributed by atoms with van der Waals surface area (Å²) >= 11 is 0. The molecule has 2 saturated heterocycles. The monoisotopic (exact) mass is 342 g/mol. The average molecular weight is 342 g/mol. The van der Waals surface area contributed by atoms with E-state index in [0.29, 0.717) is 12.2 Å². The van der Waals surface area contributed by atoms with Crippen LogP contribution in [0.3, 0.4) is 0 Å². The van der Waals surface area contributed by atoms with E-state index in [2.05, 4.69) is 33.1 Å². The van der Waals surface area contributed by atoms with E-state index in [0.717, 1.165) is 42.4 Å². The van der Waals surface area contributed by atoms with Crippen molar-refractivity contribution in [3.8, 4) is 0 Å². The predicted octanol–water partition coefficient (Wildman–Crippen LogP) is 3.99. The van der Waals surface area contributed by atoms with Crippen LogP contribution in [0.4, 0.5) is 0 Å². The van der Waals surface area contributed by atoms with Gasteiger partial charge in [0, 0.05) is 17.9 Å². The van der Waals surface area contributed by atoms with E-state index < -0.39 is 0 Å². The van der Waals surface area contributed by atoms with Gasteiger partial charge in [0.05, 0.1) is 11.7 Å². The molecule has 4 rings (SSSR count). The summed E-state index contributed by atoms with van der Waals surface area (Å²) in [6.45, 7) is 12.4. The lowest BCUT2D eigenvalue weighted by molar-refractivity contribution is -0.139. The molecule has 0 N–H and O–H groups in total. The molecule has 1 aliphatic carbocycles. The van der Waals surface area contributed by atoms with Gasteiger partial charge < -0.3 is 14.2 Å². The first-order chi connectivity index (χ1) is 11.9. The molecule has 4 heteroatoms. The first-order valence-electron chi connectivity index (χ1n) is 9.17. The maximum atomic E-state index is 12.1. The fraction of sp³-hybridized carbons (Fsp3) is 0.571. The summed E-state index contributed by atoms with van der Waals surface area (Å²) in [6.07, 6.45) is 8.39. The van der Waals surface area contributed by atoms with Crippen LogP contribution in [0.2, 0.25) is 0 Å². The third-order valence-corrected chi connectivity index (χ3v) is 6.02. The molecule has 2 bridgehead atoms. The molecule has 0 saturated carbocycles. The van der Waals surface area contributed by atoms with Crippen molar-refractivity contribution in [2.45, 2.75) is 69.9 Å². The largest absolute Gasteiger partial charge is 0.486 e. The molecule has 3 heterocycles. The highest BCUT2D eigenvalue weighted by molar-refractivity contribution is 5.90. The highest BCUT2D eigenvalue weighted by Gasteiger charge is 2.52. The molecule has 0 aromatic carbocycles. The van der Waals surface area contributed by atoms with E-state index in [-0.39, 0.29) is 35.8 Å². The normalized spacial score (nSPS) is 43.0. The molecule has 0 aromatic heterocycles. The molecule has 5 atom stereocenters. The van der Waals surface area contributed by atoms with Crippen LogP contribution in [0.5, 0.6) is 0 Å². The van der Waals surface area contributed by atoms with Gasteiger partial charge >= 0.3 is 5.97 Å². The fourth-order valence-corrected chi connectivity index (χ4v) is 4.31. The lowest BCUT2D eigenvalue weighted by Crippen LogP contribution is -2.19. The van der Waals surface area contributed by atoms with Gasteiger partial charge in [-0.25, -0.2) is 4.79 Å². The number of carbonyl (C=O) groups excluding carboxylic acids is 1. The van der Waals surface area contributed by atoms with Crippen molar-refractivity contribution < 1.29 is 19.0 Å². The van der Waals surface area contributed by atoms with E-state index >= 15 is 0 Å². The van der Waals surface area contributed by atoms with Gasteiger partial charge in [0.25, 0.3) is 0 Å². The highest BCUT2D eigenvalue weighted by Crippen LogP contribution is 2.47. The number of ether oxygens (including phenoxy) is 3. The van der Waals surface area contributed by atoms with Crippen molar-refractivity contribution in [2.75, 3.05) is 0 Å². The summed E-state index contributed by atoms with van der Waals surface area (Å²) < 4.78 is 17.4. The van der Waals surface area contributed by atoms with Crippen molar-refractivity contribution in [1.29, 1.82) is 0 Å². The molecule has 25 heavy (non-hydrogen) atoms. The summed E-state index contributed by atoms with van der Waals surface area (Å²) in [4.78, 5) is 12.1. The molecule has 4 nitrogen and oxygen atoms in total.